The Morgan fingerprint density at radius 3 is 2.26 bits per heavy atom. The number of hydrogen-bond donors (Lipinski definition) is 0. The molecule has 0 spiro atoms. The minimum absolute atomic E-state index is 0.0296. The molecule has 0 radical (unpaired) electrons. The van der Waals surface area contributed by atoms with Crippen LogP contribution >= 0.6 is 11.8 Å². The zero-order valence-electron chi connectivity index (χ0n) is 15.6. The summed E-state index contributed by atoms with van der Waals surface area (Å²) in [5, 5.41) is 0. The molecule has 0 aromatic heterocycles. The van der Waals surface area contributed by atoms with Crippen molar-refractivity contribution < 1.29 is 9.53 Å². The minimum Gasteiger partial charge on any atom is -0.497 e. The van der Waals surface area contributed by atoms with Gasteiger partial charge in [-0.05, 0) is 35.4 Å². The molecule has 3 rings (SSSR count). The third-order valence-corrected chi connectivity index (χ3v) is 5.42. The van der Waals surface area contributed by atoms with Crippen molar-refractivity contribution in [2.45, 2.75) is 17.2 Å². The van der Waals surface area contributed by atoms with Gasteiger partial charge in [-0.25, -0.2) is 0 Å². The molecule has 0 fully saturated rings. The molecule has 3 nitrogen and oxygen atoms in total. The van der Waals surface area contributed by atoms with E-state index in [4.69, 9.17) is 4.74 Å². The zero-order chi connectivity index (χ0) is 19.1. The van der Waals surface area contributed by atoms with Crippen molar-refractivity contribution in [1.29, 1.82) is 0 Å². The van der Waals surface area contributed by atoms with Crippen LogP contribution in [0.3, 0.4) is 0 Å². The first kappa shape index (κ1) is 19.1. The van der Waals surface area contributed by atoms with Gasteiger partial charge in [0.15, 0.2) is 0 Å². The van der Waals surface area contributed by atoms with Crippen LogP contribution in [0.25, 0.3) is 0 Å². The standard InChI is InChI=1S/C23H23NO2S/c1-24(16-18-12-14-20(26-2)15-13-18)23(25)21-10-6-7-11-22(21)27-17-19-8-4-3-5-9-19/h3-15H,16-17H2,1-2H3. The highest BCUT2D eigenvalue weighted by atomic mass is 32.2. The molecule has 0 aliphatic rings. The molecule has 4 heteroatoms. The van der Waals surface area contributed by atoms with Crippen LogP contribution in [0, 0.1) is 0 Å². The Balaban J connectivity index is 1.69. The van der Waals surface area contributed by atoms with Crippen LogP contribution in [-0.2, 0) is 12.3 Å². The topological polar surface area (TPSA) is 29.5 Å². The van der Waals surface area contributed by atoms with Crippen LogP contribution in [0.1, 0.15) is 21.5 Å². The van der Waals surface area contributed by atoms with E-state index in [9.17, 15) is 4.79 Å². The van der Waals surface area contributed by atoms with Gasteiger partial charge in [-0.1, -0.05) is 54.6 Å². The van der Waals surface area contributed by atoms with E-state index in [0.717, 1.165) is 27.5 Å². The summed E-state index contributed by atoms with van der Waals surface area (Å²) in [4.78, 5) is 15.8. The SMILES string of the molecule is COc1ccc(CN(C)C(=O)c2ccccc2SCc2ccccc2)cc1. The van der Waals surface area contributed by atoms with E-state index in [1.54, 1.807) is 23.8 Å². The molecule has 1 amide bonds. The van der Waals surface area contributed by atoms with Crippen LogP contribution in [-0.4, -0.2) is 25.0 Å². The summed E-state index contributed by atoms with van der Waals surface area (Å²) >= 11 is 1.69. The number of amides is 1. The van der Waals surface area contributed by atoms with E-state index in [1.165, 1.54) is 5.56 Å². The Morgan fingerprint density at radius 1 is 0.889 bits per heavy atom. The van der Waals surface area contributed by atoms with Gasteiger partial charge in [-0.2, -0.15) is 0 Å². The first-order valence-electron chi connectivity index (χ1n) is 8.81. The van der Waals surface area contributed by atoms with E-state index in [-0.39, 0.29) is 5.91 Å². The van der Waals surface area contributed by atoms with Crippen LogP contribution < -0.4 is 4.74 Å². The largest absolute Gasteiger partial charge is 0.497 e. The number of hydrogen-bond acceptors (Lipinski definition) is 3. The van der Waals surface area contributed by atoms with Crippen LogP contribution in [0.2, 0.25) is 0 Å². The van der Waals surface area contributed by atoms with E-state index < -0.39 is 0 Å². The number of benzene rings is 3. The van der Waals surface area contributed by atoms with Gasteiger partial charge in [-0.3, -0.25) is 4.79 Å². The molecule has 0 saturated heterocycles. The number of carbonyl (C=O) groups is 1. The lowest BCUT2D eigenvalue weighted by Crippen LogP contribution is -2.26. The minimum atomic E-state index is 0.0296. The van der Waals surface area contributed by atoms with Crippen molar-refractivity contribution in [3.63, 3.8) is 0 Å². The molecule has 0 aliphatic carbocycles. The third-order valence-electron chi connectivity index (χ3n) is 4.28. The lowest BCUT2D eigenvalue weighted by Gasteiger charge is -2.19. The van der Waals surface area contributed by atoms with Crippen LogP contribution in [0.15, 0.2) is 83.8 Å². The first-order chi connectivity index (χ1) is 13.2. The van der Waals surface area contributed by atoms with E-state index >= 15 is 0 Å². The van der Waals surface area contributed by atoms with Crippen molar-refractivity contribution in [2.24, 2.45) is 0 Å². The van der Waals surface area contributed by atoms with E-state index in [0.29, 0.717) is 6.54 Å². The average Bonchev–Trinajstić information content (AvgIpc) is 2.73. The second-order valence-electron chi connectivity index (χ2n) is 6.28. The predicted molar refractivity (Wildman–Crippen MR) is 111 cm³/mol. The molecule has 27 heavy (non-hydrogen) atoms. The molecule has 0 unspecified atom stereocenters. The van der Waals surface area contributed by atoms with E-state index in [2.05, 4.69) is 12.1 Å². The number of ether oxygens (including phenoxy) is 1. The maximum absolute atomic E-state index is 13.0. The lowest BCUT2D eigenvalue weighted by atomic mass is 10.1. The lowest BCUT2D eigenvalue weighted by molar-refractivity contribution is 0.0781. The van der Waals surface area contributed by atoms with Crippen LogP contribution in [0.5, 0.6) is 5.75 Å². The summed E-state index contributed by atoms with van der Waals surface area (Å²) < 4.78 is 5.19. The summed E-state index contributed by atoms with van der Waals surface area (Å²) in [7, 11) is 3.49. The van der Waals surface area contributed by atoms with Gasteiger partial charge in [0.25, 0.3) is 5.91 Å². The monoisotopic (exact) mass is 377 g/mol. The fourth-order valence-electron chi connectivity index (χ4n) is 2.79. The summed E-state index contributed by atoms with van der Waals surface area (Å²) in [6, 6.07) is 25.9. The van der Waals surface area contributed by atoms with Crippen molar-refractivity contribution >= 4 is 17.7 Å². The van der Waals surface area contributed by atoms with Crippen LogP contribution in [0.4, 0.5) is 0 Å². The second kappa shape index (κ2) is 9.28. The van der Waals surface area contributed by atoms with Crippen molar-refractivity contribution in [1.82, 2.24) is 4.90 Å². The van der Waals surface area contributed by atoms with Gasteiger partial charge in [0.05, 0.1) is 12.7 Å². The van der Waals surface area contributed by atoms with Gasteiger partial charge in [-0.15, -0.1) is 11.8 Å². The predicted octanol–water partition coefficient (Wildman–Crippen LogP) is 5.26. The summed E-state index contributed by atoms with van der Waals surface area (Å²) in [5.41, 5.74) is 3.06. The average molecular weight is 378 g/mol. The summed E-state index contributed by atoms with van der Waals surface area (Å²) in [6.45, 7) is 0.556. The van der Waals surface area contributed by atoms with Gasteiger partial charge >= 0.3 is 0 Å². The molecule has 3 aromatic carbocycles. The highest BCUT2D eigenvalue weighted by molar-refractivity contribution is 7.98. The second-order valence-corrected chi connectivity index (χ2v) is 7.30. The smallest absolute Gasteiger partial charge is 0.255 e. The highest BCUT2D eigenvalue weighted by Gasteiger charge is 2.16. The zero-order valence-corrected chi connectivity index (χ0v) is 16.4. The van der Waals surface area contributed by atoms with Crippen molar-refractivity contribution in [3.8, 4) is 5.75 Å². The van der Waals surface area contributed by atoms with Gasteiger partial charge in [0, 0.05) is 24.2 Å². The fourth-order valence-corrected chi connectivity index (χ4v) is 3.79. The fraction of sp³-hybridized carbons (Fsp3) is 0.174. The summed E-state index contributed by atoms with van der Waals surface area (Å²) in [5.74, 6) is 1.69. The Hall–Kier alpha value is -2.72. The first-order valence-corrected chi connectivity index (χ1v) is 9.80. The molecule has 138 valence electrons. The van der Waals surface area contributed by atoms with Crippen molar-refractivity contribution in [3.05, 3.63) is 95.6 Å². The molecular formula is C23H23NO2S. The Labute approximate surface area is 165 Å². The van der Waals surface area contributed by atoms with Gasteiger partial charge in [0.1, 0.15) is 5.75 Å². The Bertz CT molecular complexity index is 878. The summed E-state index contributed by atoms with van der Waals surface area (Å²) in [6.07, 6.45) is 0. The van der Waals surface area contributed by atoms with Crippen molar-refractivity contribution in [2.75, 3.05) is 14.2 Å². The molecule has 0 heterocycles. The number of methoxy groups -OCH3 is 1. The number of nitrogens with zero attached hydrogens (tertiary/aromatic N) is 1. The molecule has 0 N–H and O–H groups in total. The molecule has 0 aliphatic heterocycles. The number of thioether (sulfide) groups is 1. The normalized spacial score (nSPS) is 10.4. The molecule has 0 bridgehead atoms. The molecule has 3 aromatic rings. The highest BCUT2D eigenvalue weighted by Crippen LogP contribution is 2.27. The molecule has 0 atom stereocenters. The molecular weight excluding hydrogens is 354 g/mol. The van der Waals surface area contributed by atoms with Gasteiger partial charge in [0.2, 0.25) is 0 Å². The van der Waals surface area contributed by atoms with Gasteiger partial charge < -0.3 is 9.64 Å². The molecule has 0 saturated carbocycles. The Kier molecular flexibility index (Phi) is 6.55. The third kappa shape index (κ3) is 5.14. The Morgan fingerprint density at radius 2 is 1.56 bits per heavy atom. The van der Waals surface area contributed by atoms with E-state index in [1.807, 2.05) is 73.8 Å². The number of carbonyl (C=O) groups excluding carboxylic acids is 1. The number of rotatable bonds is 7. The maximum atomic E-state index is 13.0. The maximum Gasteiger partial charge on any atom is 0.255 e. The quantitative estimate of drug-likeness (QED) is 0.526.